The SMILES string of the molecule is CCCCCCCCCc1ccc(-c2ncc(OCCCCCCCC3CCCC3)cn2)cc1. The van der Waals surface area contributed by atoms with Crippen LogP contribution >= 0.6 is 0 Å². The summed E-state index contributed by atoms with van der Waals surface area (Å²) in [6, 6.07) is 8.76. The molecule has 0 amide bonds. The number of hydrogen-bond acceptors (Lipinski definition) is 3. The minimum atomic E-state index is 0.763. The zero-order chi connectivity index (χ0) is 23.7. The van der Waals surface area contributed by atoms with Crippen molar-refractivity contribution < 1.29 is 4.74 Å². The van der Waals surface area contributed by atoms with Gasteiger partial charge in [0.15, 0.2) is 11.6 Å². The number of nitrogens with zero attached hydrogens (tertiary/aromatic N) is 2. The number of rotatable bonds is 18. The summed E-state index contributed by atoms with van der Waals surface area (Å²) in [6.45, 7) is 3.04. The lowest BCUT2D eigenvalue weighted by atomic mass is 9.99. The van der Waals surface area contributed by atoms with E-state index in [4.69, 9.17) is 4.74 Å². The smallest absolute Gasteiger partial charge is 0.159 e. The molecule has 3 nitrogen and oxygen atoms in total. The lowest BCUT2D eigenvalue weighted by molar-refractivity contribution is 0.301. The molecule has 1 saturated carbocycles. The molecule has 0 aliphatic heterocycles. The van der Waals surface area contributed by atoms with Crippen molar-refractivity contribution >= 4 is 0 Å². The molecule has 1 aromatic carbocycles. The van der Waals surface area contributed by atoms with Crippen LogP contribution in [0.5, 0.6) is 5.75 Å². The van der Waals surface area contributed by atoms with E-state index in [1.54, 1.807) is 0 Å². The third-order valence-electron chi connectivity index (χ3n) is 7.41. The molecule has 3 rings (SSSR count). The molecule has 0 atom stereocenters. The van der Waals surface area contributed by atoms with Gasteiger partial charge in [0.05, 0.1) is 19.0 Å². The average molecular weight is 465 g/mol. The maximum absolute atomic E-state index is 5.86. The maximum Gasteiger partial charge on any atom is 0.159 e. The molecule has 0 N–H and O–H groups in total. The zero-order valence-electron chi connectivity index (χ0n) is 21.8. The van der Waals surface area contributed by atoms with Gasteiger partial charge < -0.3 is 4.74 Å². The van der Waals surface area contributed by atoms with Crippen LogP contribution < -0.4 is 4.74 Å². The summed E-state index contributed by atoms with van der Waals surface area (Å²) in [7, 11) is 0. The highest BCUT2D eigenvalue weighted by Gasteiger charge is 2.13. The second kappa shape index (κ2) is 16.7. The molecule has 1 aliphatic rings. The first-order valence-corrected chi connectivity index (χ1v) is 14.4. The topological polar surface area (TPSA) is 35.0 Å². The van der Waals surface area contributed by atoms with E-state index in [1.165, 1.54) is 115 Å². The molecule has 2 aromatic rings. The Morgan fingerprint density at radius 2 is 1.35 bits per heavy atom. The highest BCUT2D eigenvalue weighted by atomic mass is 16.5. The van der Waals surface area contributed by atoms with Crippen molar-refractivity contribution in [1.29, 1.82) is 0 Å². The van der Waals surface area contributed by atoms with Gasteiger partial charge >= 0.3 is 0 Å². The van der Waals surface area contributed by atoms with E-state index in [1.807, 2.05) is 12.4 Å². The van der Waals surface area contributed by atoms with Crippen LogP contribution in [0, 0.1) is 5.92 Å². The van der Waals surface area contributed by atoms with E-state index in [2.05, 4.69) is 41.2 Å². The van der Waals surface area contributed by atoms with Crippen LogP contribution in [0.25, 0.3) is 11.4 Å². The normalized spacial score (nSPS) is 14.0. The van der Waals surface area contributed by atoms with Crippen LogP contribution in [-0.2, 0) is 6.42 Å². The van der Waals surface area contributed by atoms with Crippen LogP contribution in [0.1, 0.15) is 122 Å². The van der Waals surface area contributed by atoms with E-state index in [0.717, 1.165) is 36.1 Å². The Bertz CT molecular complexity index is 750. The number of aromatic nitrogens is 2. The lowest BCUT2D eigenvalue weighted by Crippen LogP contribution is -1.99. The molecule has 1 aliphatic carbocycles. The Morgan fingerprint density at radius 1 is 0.735 bits per heavy atom. The minimum absolute atomic E-state index is 0.763. The first-order chi connectivity index (χ1) is 16.8. The Labute approximate surface area is 209 Å². The Morgan fingerprint density at radius 3 is 2.06 bits per heavy atom. The Balaban J connectivity index is 1.25. The molecule has 188 valence electrons. The molecule has 1 aromatic heterocycles. The van der Waals surface area contributed by atoms with Crippen molar-refractivity contribution in [3.05, 3.63) is 42.2 Å². The molecule has 0 bridgehead atoms. The summed E-state index contributed by atoms with van der Waals surface area (Å²) < 4.78 is 5.86. The van der Waals surface area contributed by atoms with Gasteiger partial charge in [-0.3, -0.25) is 0 Å². The van der Waals surface area contributed by atoms with Gasteiger partial charge in [0, 0.05) is 5.56 Å². The van der Waals surface area contributed by atoms with Crippen LogP contribution in [0.2, 0.25) is 0 Å². The molecular weight excluding hydrogens is 416 g/mol. The van der Waals surface area contributed by atoms with Crippen molar-refractivity contribution in [3.8, 4) is 17.1 Å². The van der Waals surface area contributed by atoms with Crippen LogP contribution in [-0.4, -0.2) is 16.6 Å². The predicted molar refractivity (Wildman–Crippen MR) is 144 cm³/mol. The standard InChI is InChI=1S/C31H48N2O/c1-2-3-4-5-6-8-12-17-28-20-22-29(23-21-28)31-32-25-30(26-33-31)34-24-15-10-7-9-11-16-27-18-13-14-19-27/h20-23,25-27H,2-19,24H2,1H3. The molecule has 0 unspecified atom stereocenters. The van der Waals surface area contributed by atoms with Gasteiger partial charge in [-0.25, -0.2) is 9.97 Å². The molecule has 1 heterocycles. The summed E-state index contributed by atoms with van der Waals surface area (Å²) in [4.78, 5) is 9.06. The van der Waals surface area contributed by atoms with Crippen molar-refractivity contribution in [2.24, 2.45) is 5.92 Å². The van der Waals surface area contributed by atoms with Gasteiger partial charge in [-0.1, -0.05) is 128 Å². The molecule has 0 spiro atoms. The van der Waals surface area contributed by atoms with Gasteiger partial charge in [0.1, 0.15) is 0 Å². The lowest BCUT2D eigenvalue weighted by Gasteiger charge is -2.08. The van der Waals surface area contributed by atoms with Crippen molar-refractivity contribution in [2.45, 2.75) is 122 Å². The second-order valence-electron chi connectivity index (χ2n) is 10.4. The van der Waals surface area contributed by atoms with Gasteiger partial charge in [-0.05, 0) is 30.7 Å². The van der Waals surface area contributed by atoms with Crippen molar-refractivity contribution in [2.75, 3.05) is 6.61 Å². The maximum atomic E-state index is 5.86. The number of benzene rings is 1. The number of aryl methyl sites for hydroxylation is 1. The van der Waals surface area contributed by atoms with E-state index >= 15 is 0 Å². The third-order valence-corrected chi connectivity index (χ3v) is 7.41. The summed E-state index contributed by atoms with van der Waals surface area (Å²) in [5.41, 5.74) is 2.49. The van der Waals surface area contributed by atoms with Gasteiger partial charge in [0.25, 0.3) is 0 Å². The monoisotopic (exact) mass is 464 g/mol. The highest BCUT2D eigenvalue weighted by molar-refractivity contribution is 5.55. The predicted octanol–water partition coefficient (Wildman–Crippen LogP) is 9.35. The minimum Gasteiger partial charge on any atom is -0.490 e. The first kappa shape index (κ1) is 26.7. The highest BCUT2D eigenvalue weighted by Crippen LogP contribution is 2.29. The van der Waals surface area contributed by atoms with E-state index < -0.39 is 0 Å². The molecule has 1 fully saturated rings. The van der Waals surface area contributed by atoms with Crippen LogP contribution in [0.4, 0.5) is 0 Å². The van der Waals surface area contributed by atoms with Crippen molar-refractivity contribution in [3.63, 3.8) is 0 Å². The quantitative estimate of drug-likeness (QED) is 0.206. The second-order valence-corrected chi connectivity index (χ2v) is 10.4. The van der Waals surface area contributed by atoms with Gasteiger partial charge in [-0.2, -0.15) is 0 Å². The van der Waals surface area contributed by atoms with E-state index in [-0.39, 0.29) is 0 Å². The fraction of sp³-hybridized carbons (Fsp3) is 0.677. The summed E-state index contributed by atoms with van der Waals surface area (Å²) >= 11 is 0. The molecule has 34 heavy (non-hydrogen) atoms. The largest absolute Gasteiger partial charge is 0.490 e. The van der Waals surface area contributed by atoms with Crippen molar-refractivity contribution in [1.82, 2.24) is 9.97 Å². The summed E-state index contributed by atoms with van der Waals surface area (Å²) in [6.07, 6.45) is 28.2. The zero-order valence-corrected chi connectivity index (χ0v) is 21.8. The summed E-state index contributed by atoms with van der Waals surface area (Å²) in [5, 5.41) is 0. The molecule has 3 heteroatoms. The van der Waals surface area contributed by atoms with Crippen LogP contribution in [0.3, 0.4) is 0 Å². The number of unbranched alkanes of at least 4 members (excludes halogenated alkanes) is 10. The molecular formula is C31H48N2O. The third kappa shape index (κ3) is 10.6. The number of hydrogen-bond donors (Lipinski definition) is 0. The summed E-state index contributed by atoms with van der Waals surface area (Å²) in [5.74, 6) is 2.59. The Hall–Kier alpha value is -1.90. The van der Waals surface area contributed by atoms with Gasteiger partial charge in [0.2, 0.25) is 0 Å². The fourth-order valence-corrected chi connectivity index (χ4v) is 5.20. The first-order valence-electron chi connectivity index (χ1n) is 14.4. The van der Waals surface area contributed by atoms with E-state index in [0.29, 0.717) is 0 Å². The average Bonchev–Trinajstić information content (AvgIpc) is 3.39. The van der Waals surface area contributed by atoms with Gasteiger partial charge in [-0.15, -0.1) is 0 Å². The fourth-order valence-electron chi connectivity index (χ4n) is 5.20. The number of ether oxygens (including phenoxy) is 1. The van der Waals surface area contributed by atoms with E-state index in [9.17, 15) is 0 Å². The molecule has 0 saturated heterocycles. The van der Waals surface area contributed by atoms with Crippen LogP contribution in [0.15, 0.2) is 36.7 Å². The molecule has 0 radical (unpaired) electrons. The Kier molecular flexibility index (Phi) is 13.1.